The van der Waals surface area contributed by atoms with Crippen molar-refractivity contribution in [1.29, 1.82) is 0 Å². The van der Waals surface area contributed by atoms with Gasteiger partial charge in [0.05, 0.1) is 14.2 Å². The number of hydrogen-bond acceptors (Lipinski definition) is 4. The van der Waals surface area contributed by atoms with Crippen LogP contribution < -0.4 is 20.1 Å². The van der Waals surface area contributed by atoms with Gasteiger partial charge in [0.2, 0.25) is 0 Å². The Hall–Kier alpha value is -2.24. The van der Waals surface area contributed by atoms with Gasteiger partial charge in [0.1, 0.15) is 5.54 Å². The summed E-state index contributed by atoms with van der Waals surface area (Å²) in [6.45, 7) is 5.71. The fraction of sp³-hybridized carbons (Fsp3) is 0.467. The first-order valence-electron chi connectivity index (χ1n) is 6.80. The first-order valence-corrected chi connectivity index (χ1v) is 6.80. The van der Waals surface area contributed by atoms with Crippen LogP contribution in [-0.2, 0) is 10.3 Å². The van der Waals surface area contributed by atoms with Gasteiger partial charge in [-0.2, -0.15) is 0 Å². The molecular formula is C15H21N3O3. The van der Waals surface area contributed by atoms with E-state index in [1.54, 1.807) is 26.4 Å². The van der Waals surface area contributed by atoms with Crippen LogP contribution in [0.4, 0.5) is 0 Å². The molecule has 0 saturated carbocycles. The Morgan fingerprint density at radius 2 is 1.86 bits per heavy atom. The molecule has 1 unspecified atom stereocenters. The van der Waals surface area contributed by atoms with Gasteiger partial charge in [0.15, 0.2) is 17.5 Å². The Morgan fingerprint density at radius 1 is 1.19 bits per heavy atom. The molecule has 6 nitrogen and oxygen atoms in total. The summed E-state index contributed by atoms with van der Waals surface area (Å²) in [6.07, 6.45) is 0. The summed E-state index contributed by atoms with van der Waals surface area (Å²) in [5, 5.41) is 5.91. The smallest absolute Gasteiger partial charge is 0.256 e. The third-order valence-corrected chi connectivity index (χ3v) is 3.40. The fourth-order valence-corrected chi connectivity index (χ4v) is 2.23. The minimum Gasteiger partial charge on any atom is -0.493 e. The van der Waals surface area contributed by atoms with E-state index < -0.39 is 5.54 Å². The number of carbonyl (C=O) groups is 1. The van der Waals surface area contributed by atoms with Gasteiger partial charge in [-0.05, 0) is 38.5 Å². The maximum Gasteiger partial charge on any atom is 0.256 e. The van der Waals surface area contributed by atoms with Gasteiger partial charge >= 0.3 is 0 Å². The van der Waals surface area contributed by atoms with Gasteiger partial charge < -0.3 is 14.8 Å². The second kappa shape index (κ2) is 5.63. The molecular weight excluding hydrogens is 270 g/mol. The SMILES string of the molecule is COc1ccc(C2(C)NC(=NC(C)C)NC2=O)cc1OC. The van der Waals surface area contributed by atoms with Crippen molar-refractivity contribution in [2.45, 2.75) is 32.4 Å². The van der Waals surface area contributed by atoms with E-state index in [9.17, 15) is 4.79 Å². The zero-order valence-electron chi connectivity index (χ0n) is 13.0. The van der Waals surface area contributed by atoms with E-state index in [4.69, 9.17) is 9.47 Å². The van der Waals surface area contributed by atoms with Crippen LogP contribution in [-0.4, -0.2) is 32.1 Å². The standard InChI is InChI=1S/C15H21N3O3/c1-9(2)16-14-17-13(19)15(3,18-14)10-6-7-11(20-4)12(8-10)21-5/h6-9H,1-5H3,(H2,16,17,18,19). The highest BCUT2D eigenvalue weighted by atomic mass is 16.5. The molecule has 0 aromatic heterocycles. The number of nitrogens with one attached hydrogen (secondary N) is 2. The van der Waals surface area contributed by atoms with Crippen molar-refractivity contribution in [2.75, 3.05) is 14.2 Å². The molecule has 2 rings (SSSR count). The third-order valence-electron chi connectivity index (χ3n) is 3.40. The van der Waals surface area contributed by atoms with E-state index in [0.29, 0.717) is 17.5 Å². The number of hydrogen-bond donors (Lipinski definition) is 2. The molecule has 1 amide bonds. The minimum atomic E-state index is -0.882. The fourth-order valence-electron chi connectivity index (χ4n) is 2.23. The monoisotopic (exact) mass is 291 g/mol. The summed E-state index contributed by atoms with van der Waals surface area (Å²) in [6, 6.07) is 5.52. The van der Waals surface area contributed by atoms with Crippen molar-refractivity contribution >= 4 is 11.9 Å². The Labute approximate surface area is 124 Å². The summed E-state index contributed by atoms with van der Waals surface area (Å²) in [7, 11) is 3.14. The van der Waals surface area contributed by atoms with Crippen LogP contribution in [0.5, 0.6) is 11.5 Å². The molecule has 1 saturated heterocycles. The molecule has 1 aliphatic heterocycles. The molecule has 1 fully saturated rings. The molecule has 2 N–H and O–H groups in total. The summed E-state index contributed by atoms with van der Waals surface area (Å²) in [5.74, 6) is 1.56. The number of aliphatic imine (C=N–C) groups is 1. The molecule has 6 heteroatoms. The molecule has 0 radical (unpaired) electrons. The second-order valence-corrected chi connectivity index (χ2v) is 5.35. The molecule has 21 heavy (non-hydrogen) atoms. The molecule has 1 aliphatic rings. The predicted octanol–water partition coefficient (Wildman–Crippen LogP) is 1.40. The molecule has 0 aliphatic carbocycles. The summed E-state index contributed by atoms with van der Waals surface area (Å²) in [4.78, 5) is 16.7. The number of amides is 1. The largest absolute Gasteiger partial charge is 0.493 e. The Morgan fingerprint density at radius 3 is 2.43 bits per heavy atom. The lowest BCUT2D eigenvalue weighted by molar-refractivity contribution is -0.123. The first-order chi connectivity index (χ1) is 9.90. The molecule has 0 spiro atoms. The molecule has 0 bridgehead atoms. The Balaban J connectivity index is 2.39. The van der Waals surface area contributed by atoms with Crippen molar-refractivity contribution in [1.82, 2.24) is 10.6 Å². The van der Waals surface area contributed by atoms with Crippen LogP contribution in [0.25, 0.3) is 0 Å². The summed E-state index contributed by atoms with van der Waals surface area (Å²) >= 11 is 0. The number of nitrogens with zero attached hydrogens (tertiary/aromatic N) is 1. The Bertz CT molecular complexity index is 584. The minimum absolute atomic E-state index is 0.0977. The maximum atomic E-state index is 12.3. The third kappa shape index (κ3) is 2.79. The van der Waals surface area contributed by atoms with Crippen molar-refractivity contribution in [3.8, 4) is 11.5 Å². The normalized spacial score (nSPS) is 23.1. The Kier molecular flexibility index (Phi) is 4.06. The van der Waals surface area contributed by atoms with Crippen molar-refractivity contribution in [3.05, 3.63) is 23.8 Å². The van der Waals surface area contributed by atoms with Crippen molar-refractivity contribution in [3.63, 3.8) is 0 Å². The average molecular weight is 291 g/mol. The van der Waals surface area contributed by atoms with E-state index in [1.165, 1.54) is 0 Å². The van der Waals surface area contributed by atoms with E-state index in [-0.39, 0.29) is 11.9 Å². The van der Waals surface area contributed by atoms with Crippen LogP contribution >= 0.6 is 0 Å². The van der Waals surface area contributed by atoms with Gasteiger partial charge in [-0.3, -0.25) is 15.1 Å². The maximum absolute atomic E-state index is 12.3. The highest BCUT2D eigenvalue weighted by molar-refractivity contribution is 6.09. The number of rotatable bonds is 4. The van der Waals surface area contributed by atoms with Crippen molar-refractivity contribution < 1.29 is 14.3 Å². The first kappa shape index (κ1) is 15.2. The van der Waals surface area contributed by atoms with Crippen LogP contribution in [0, 0.1) is 0 Å². The molecule has 114 valence electrons. The van der Waals surface area contributed by atoms with E-state index in [0.717, 1.165) is 5.56 Å². The lowest BCUT2D eigenvalue weighted by atomic mass is 9.92. The zero-order chi connectivity index (χ0) is 15.6. The molecule has 1 aromatic rings. The van der Waals surface area contributed by atoms with Crippen LogP contribution in [0.3, 0.4) is 0 Å². The predicted molar refractivity (Wildman–Crippen MR) is 80.7 cm³/mol. The number of benzene rings is 1. The highest BCUT2D eigenvalue weighted by Gasteiger charge is 2.42. The van der Waals surface area contributed by atoms with Gasteiger partial charge in [-0.1, -0.05) is 6.07 Å². The number of guanidine groups is 1. The molecule has 1 aromatic carbocycles. The molecule has 1 heterocycles. The van der Waals surface area contributed by atoms with Crippen LogP contribution in [0.15, 0.2) is 23.2 Å². The van der Waals surface area contributed by atoms with Gasteiger partial charge in [0.25, 0.3) is 5.91 Å². The lowest BCUT2D eigenvalue weighted by Gasteiger charge is -2.22. The van der Waals surface area contributed by atoms with E-state index in [2.05, 4.69) is 15.6 Å². The summed E-state index contributed by atoms with van der Waals surface area (Å²) < 4.78 is 10.5. The highest BCUT2D eigenvalue weighted by Crippen LogP contribution is 2.33. The molecule has 1 atom stereocenters. The van der Waals surface area contributed by atoms with Crippen molar-refractivity contribution in [2.24, 2.45) is 4.99 Å². The van der Waals surface area contributed by atoms with E-state index in [1.807, 2.05) is 26.8 Å². The van der Waals surface area contributed by atoms with Gasteiger partial charge in [-0.15, -0.1) is 0 Å². The topological polar surface area (TPSA) is 72.0 Å². The lowest BCUT2D eigenvalue weighted by Crippen LogP contribution is -2.40. The van der Waals surface area contributed by atoms with E-state index >= 15 is 0 Å². The number of carbonyl (C=O) groups excluding carboxylic acids is 1. The van der Waals surface area contributed by atoms with Gasteiger partial charge in [-0.25, -0.2) is 0 Å². The number of ether oxygens (including phenoxy) is 2. The van der Waals surface area contributed by atoms with Gasteiger partial charge in [0, 0.05) is 6.04 Å². The van der Waals surface area contributed by atoms with Crippen LogP contribution in [0.1, 0.15) is 26.3 Å². The quantitative estimate of drug-likeness (QED) is 0.879. The van der Waals surface area contributed by atoms with Crippen LogP contribution in [0.2, 0.25) is 0 Å². The summed E-state index contributed by atoms with van der Waals surface area (Å²) in [5.41, 5.74) is -0.0978. The second-order valence-electron chi connectivity index (χ2n) is 5.35. The zero-order valence-corrected chi connectivity index (χ0v) is 13.0. The average Bonchev–Trinajstić information content (AvgIpc) is 2.72. The number of methoxy groups -OCH3 is 2.